The molecule has 28 heavy (non-hydrogen) atoms. The van der Waals surface area contributed by atoms with Gasteiger partial charge in [0.2, 0.25) is 11.0 Å². The summed E-state index contributed by atoms with van der Waals surface area (Å²) >= 11 is 1.43. The van der Waals surface area contributed by atoms with Gasteiger partial charge in [-0.2, -0.15) is 13.2 Å². The van der Waals surface area contributed by atoms with Crippen LogP contribution in [-0.2, 0) is 15.7 Å². The van der Waals surface area contributed by atoms with Crippen molar-refractivity contribution in [2.24, 2.45) is 0 Å². The molecule has 2 aliphatic heterocycles. The van der Waals surface area contributed by atoms with Gasteiger partial charge < -0.3 is 19.1 Å². The standard InChI is InChI=1S/C17H19F3N4O3S/c1-9-22-23-15(28-9)24-7-10(14-11(8-24)26-16(2,3)27-14)25-13-6-4-5-12(21-13)17(18,19)20/h4-6,10-11,14H,7-8H2,1-3H3/t10-,11-,14+/m0/s1. The number of aryl methyl sites for hydroxylation is 1. The third kappa shape index (κ3) is 3.91. The van der Waals surface area contributed by atoms with Gasteiger partial charge in [-0.25, -0.2) is 4.98 Å². The number of pyridine rings is 1. The number of hydrogen-bond donors (Lipinski definition) is 0. The van der Waals surface area contributed by atoms with Crippen LogP contribution in [0.1, 0.15) is 24.5 Å². The first kappa shape index (κ1) is 19.3. The zero-order valence-electron chi connectivity index (χ0n) is 15.4. The van der Waals surface area contributed by atoms with E-state index in [1.807, 2.05) is 11.8 Å². The van der Waals surface area contributed by atoms with Crippen molar-refractivity contribution in [1.82, 2.24) is 15.2 Å². The second-order valence-corrected chi connectivity index (χ2v) is 8.32. The molecule has 7 nitrogen and oxygen atoms in total. The molecule has 2 aliphatic rings. The summed E-state index contributed by atoms with van der Waals surface area (Å²) in [6.07, 6.45) is -5.87. The summed E-state index contributed by atoms with van der Waals surface area (Å²) in [6, 6.07) is 3.58. The lowest BCUT2D eigenvalue weighted by Gasteiger charge is -2.38. The molecule has 0 radical (unpaired) electrons. The molecule has 11 heteroatoms. The van der Waals surface area contributed by atoms with Crippen molar-refractivity contribution < 1.29 is 27.4 Å². The van der Waals surface area contributed by atoms with Crippen molar-refractivity contribution in [3.8, 4) is 5.88 Å². The summed E-state index contributed by atoms with van der Waals surface area (Å²) in [5, 5.41) is 9.71. The second-order valence-electron chi connectivity index (χ2n) is 7.16. The molecular weight excluding hydrogens is 397 g/mol. The molecule has 0 saturated carbocycles. The maximum absolute atomic E-state index is 13.0. The predicted octanol–water partition coefficient (Wildman–Crippen LogP) is 3.05. The molecule has 4 rings (SSSR count). The van der Waals surface area contributed by atoms with Crippen LogP contribution in [0.4, 0.5) is 18.3 Å². The number of rotatable bonds is 3. The fraction of sp³-hybridized carbons (Fsp3) is 0.588. The zero-order valence-corrected chi connectivity index (χ0v) is 16.3. The van der Waals surface area contributed by atoms with Gasteiger partial charge in [0.25, 0.3) is 0 Å². The smallest absolute Gasteiger partial charge is 0.433 e. The van der Waals surface area contributed by atoms with E-state index in [4.69, 9.17) is 14.2 Å². The molecule has 0 N–H and O–H groups in total. The molecule has 2 aromatic rings. The first-order chi connectivity index (χ1) is 13.1. The maximum atomic E-state index is 13.0. The van der Waals surface area contributed by atoms with Gasteiger partial charge in [0.05, 0.1) is 6.54 Å². The van der Waals surface area contributed by atoms with Crippen LogP contribution >= 0.6 is 11.3 Å². The Morgan fingerprint density at radius 3 is 2.68 bits per heavy atom. The molecular formula is C17H19F3N4O3S. The van der Waals surface area contributed by atoms with Crippen LogP contribution in [0, 0.1) is 6.92 Å². The summed E-state index contributed by atoms with van der Waals surface area (Å²) < 4.78 is 56.7. The third-order valence-electron chi connectivity index (χ3n) is 4.46. The highest BCUT2D eigenvalue weighted by atomic mass is 32.1. The Hall–Kier alpha value is -1.98. The van der Waals surface area contributed by atoms with Crippen molar-refractivity contribution in [2.45, 2.75) is 51.0 Å². The van der Waals surface area contributed by atoms with E-state index in [-0.39, 0.29) is 12.0 Å². The molecule has 152 valence electrons. The maximum Gasteiger partial charge on any atom is 0.433 e. The normalized spacial score (nSPS) is 26.9. The number of fused-ring (bicyclic) bond motifs is 1. The number of hydrogen-bond acceptors (Lipinski definition) is 8. The predicted molar refractivity (Wildman–Crippen MR) is 94.3 cm³/mol. The van der Waals surface area contributed by atoms with Gasteiger partial charge in [-0.3, -0.25) is 0 Å². The van der Waals surface area contributed by atoms with Gasteiger partial charge in [-0.1, -0.05) is 17.4 Å². The first-order valence-electron chi connectivity index (χ1n) is 8.72. The molecule has 0 aromatic carbocycles. The molecule has 0 bridgehead atoms. The molecule has 2 fully saturated rings. The van der Waals surface area contributed by atoms with E-state index in [1.54, 1.807) is 13.8 Å². The summed E-state index contributed by atoms with van der Waals surface area (Å²) in [7, 11) is 0. The van der Waals surface area contributed by atoms with Gasteiger partial charge in [0.15, 0.2) is 5.79 Å². The molecule has 2 saturated heterocycles. The average Bonchev–Trinajstić information content (AvgIpc) is 3.16. The molecule has 0 aliphatic carbocycles. The largest absolute Gasteiger partial charge is 0.470 e. The average molecular weight is 416 g/mol. The molecule has 2 aromatic heterocycles. The first-order valence-corrected chi connectivity index (χ1v) is 9.54. The van der Waals surface area contributed by atoms with Crippen LogP contribution < -0.4 is 9.64 Å². The second kappa shape index (κ2) is 6.82. The minimum Gasteiger partial charge on any atom is -0.470 e. The Kier molecular flexibility index (Phi) is 4.71. The number of anilines is 1. The highest BCUT2D eigenvalue weighted by Gasteiger charge is 2.50. The number of ether oxygens (including phenoxy) is 3. The van der Waals surface area contributed by atoms with Crippen molar-refractivity contribution in [2.75, 3.05) is 18.0 Å². The fourth-order valence-corrected chi connectivity index (χ4v) is 4.11. The van der Waals surface area contributed by atoms with Crippen molar-refractivity contribution in [3.63, 3.8) is 0 Å². The van der Waals surface area contributed by atoms with Crippen LogP contribution in [0.25, 0.3) is 0 Å². The fourth-order valence-electron chi connectivity index (χ4n) is 3.40. The summed E-state index contributed by atoms with van der Waals surface area (Å²) in [6.45, 7) is 6.34. The Morgan fingerprint density at radius 2 is 2.00 bits per heavy atom. The molecule has 0 spiro atoms. The van der Waals surface area contributed by atoms with Gasteiger partial charge >= 0.3 is 6.18 Å². The Bertz CT molecular complexity index is 860. The van der Waals surface area contributed by atoms with Gasteiger partial charge in [0, 0.05) is 12.6 Å². The number of piperidine rings is 1. The van der Waals surface area contributed by atoms with Crippen LogP contribution in [0.2, 0.25) is 0 Å². The van der Waals surface area contributed by atoms with Crippen molar-refractivity contribution in [3.05, 3.63) is 28.9 Å². The number of aromatic nitrogens is 3. The zero-order chi connectivity index (χ0) is 20.1. The molecule has 0 unspecified atom stereocenters. The van der Waals surface area contributed by atoms with Crippen molar-refractivity contribution in [1.29, 1.82) is 0 Å². The van der Waals surface area contributed by atoms with Crippen LogP contribution in [0.3, 0.4) is 0 Å². The SMILES string of the molecule is Cc1nnc(N2C[C@H](Oc3cccc(C(F)(F)F)n3)[C@H]3OC(C)(C)O[C@H]3C2)s1. The van der Waals surface area contributed by atoms with E-state index >= 15 is 0 Å². The number of halogens is 3. The lowest BCUT2D eigenvalue weighted by molar-refractivity contribution is -0.151. The van der Waals surface area contributed by atoms with E-state index in [9.17, 15) is 13.2 Å². The Morgan fingerprint density at radius 1 is 1.21 bits per heavy atom. The summed E-state index contributed by atoms with van der Waals surface area (Å²) in [4.78, 5) is 5.56. The molecule has 4 heterocycles. The number of alkyl halides is 3. The summed E-state index contributed by atoms with van der Waals surface area (Å²) in [5.41, 5.74) is -1.00. The highest BCUT2D eigenvalue weighted by molar-refractivity contribution is 7.15. The van der Waals surface area contributed by atoms with Crippen LogP contribution in [0.15, 0.2) is 18.2 Å². The monoisotopic (exact) mass is 416 g/mol. The minimum atomic E-state index is -4.54. The van der Waals surface area contributed by atoms with E-state index < -0.39 is 29.9 Å². The quantitative estimate of drug-likeness (QED) is 0.762. The van der Waals surface area contributed by atoms with E-state index in [0.717, 1.165) is 11.1 Å². The highest BCUT2D eigenvalue weighted by Crippen LogP contribution is 2.37. The molecule has 0 amide bonds. The third-order valence-corrected chi connectivity index (χ3v) is 5.36. The van der Waals surface area contributed by atoms with Crippen LogP contribution in [0.5, 0.6) is 5.88 Å². The van der Waals surface area contributed by atoms with Crippen molar-refractivity contribution >= 4 is 16.5 Å². The number of nitrogens with zero attached hydrogens (tertiary/aromatic N) is 4. The lowest BCUT2D eigenvalue weighted by Crippen LogP contribution is -2.56. The van der Waals surface area contributed by atoms with Gasteiger partial charge in [-0.05, 0) is 26.8 Å². The van der Waals surface area contributed by atoms with E-state index in [1.165, 1.54) is 23.5 Å². The van der Waals surface area contributed by atoms with E-state index in [0.29, 0.717) is 18.2 Å². The molecule has 3 atom stereocenters. The van der Waals surface area contributed by atoms with Gasteiger partial charge in [0.1, 0.15) is 29.0 Å². The Labute approximate surface area is 163 Å². The lowest BCUT2D eigenvalue weighted by atomic mass is 10.0. The van der Waals surface area contributed by atoms with Gasteiger partial charge in [-0.15, -0.1) is 10.2 Å². The summed E-state index contributed by atoms with van der Waals surface area (Å²) in [5.74, 6) is -0.923. The van der Waals surface area contributed by atoms with Crippen LogP contribution in [-0.4, -0.2) is 52.4 Å². The van der Waals surface area contributed by atoms with E-state index in [2.05, 4.69) is 15.2 Å². The topological polar surface area (TPSA) is 69.6 Å². The Balaban J connectivity index is 1.60. The minimum absolute atomic E-state index is 0.109.